The quantitative estimate of drug-likeness (QED) is 0.544. The lowest BCUT2D eigenvalue weighted by atomic mass is 10.0. The Labute approximate surface area is 105 Å². The molecule has 1 aromatic rings. The fourth-order valence-electron chi connectivity index (χ4n) is 2.18. The van der Waals surface area contributed by atoms with E-state index in [4.69, 9.17) is 17.4 Å². The molecule has 1 saturated heterocycles. The summed E-state index contributed by atoms with van der Waals surface area (Å²) in [6, 6.07) is 0.0491. The van der Waals surface area contributed by atoms with Crippen LogP contribution in [-0.4, -0.2) is 34.3 Å². The molecule has 0 radical (unpaired) electrons. The third-order valence-electron chi connectivity index (χ3n) is 3.20. The normalized spacial score (nSPS) is 24.1. The van der Waals surface area contributed by atoms with E-state index in [9.17, 15) is 5.11 Å². The number of nitrogens with one attached hydrogen (secondary N) is 1. The summed E-state index contributed by atoms with van der Waals surface area (Å²) < 4.78 is 0. The molecule has 1 fully saturated rings. The molecule has 2 heterocycles. The summed E-state index contributed by atoms with van der Waals surface area (Å²) >= 11 is 6.09. The first-order valence-electron chi connectivity index (χ1n) is 5.54. The zero-order chi connectivity index (χ0) is 12.4. The lowest BCUT2D eigenvalue weighted by Gasteiger charge is -2.26. The SMILES string of the molecule is CC1CCN(c2nc(NN)ncc2Cl)C1CO. The van der Waals surface area contributed by atoms with E-state index in [1.54, 1.807) is 0 Å². The van der Waals surface area contributed by atoms with Crippen molar-refractivity contribution in [3.8, 4) is 0 Å². The molecule has 0 amide bonds. The minimum absolute atomic E-state index is 0.0491. The van der Waals surface area contributed by atoms with Crippen LogP contribution in [-0.2, 0) is 0 Å². The van der Waals surface area contributed by atoms with Crippen molar-refractivity contribution in [1.82, 2.24) is 9.97 Å². The van der Waals surface area contributed by atoms with Crippen LogP contribution in [0.4, 0.5) is 11.8 Å². The number of hydrogen-bond donors (Lipinski definition) is 3. The second-order valence-electron chi connectivity index (χ2n) is 4.22. The summed E-state index contributed by atoms with van der Waals surface area (Å²) in [6.45, 7) is 3.03. The van der Waals surface area contributed by atoms with Crippen molar-refractivity contribution in [1.29, 1.82) is 0 Å². The monoisotopic (exact) mass is 257 g/mol. The number of nitrogens with zero attached hydrogens (tertiary/aromatic N) is 3. The first-order chi connectivity index (χ1) is 8.17. The zero-order valence-electron chi connectivity index (χ0n) is 9.60. The van der Waals surface area contributed by atoms with Crippen LogP contribution in [0.3, 0.4) is 0 Å². The van der Waals surface area contributed by atoms with Gasteiger partial charge in [-0.05, 0) is 12.3 Å². The number of aromatic nitrogens is 2. The average molecular weight is 258 g/mol. The summed E-state index contributed by atoms with van der Waals surface area (Å²) in [7, 11) is 0. The maximum atomic E-state index is 9.42. The van der Waals surface area contributed by atoms with E-state index < -0.39 is 0 Å². The van der Waals surface area contributed by atoms with Crippen molar-refractivity contribution in [3.63, 3.8) is 0 Å². The molecule has 0 bridgehead atoms. The van der Waals surface area contributed by atoms with Gasteiger partial charge >= 0.3 is 0 Å². The van der Waals surface area contributed by atoms with Crippen molar-refractivity contribution < 1.29 is 5.11 Å². The summed E-state index contributed by atoms with van der Waals surface area (Å²) in [6.07, 6.45) is 2.52. The number of rotatable bonds is 3. The third kappa shape index (κ3) is 2.29. The molecular formula is C10H16ClN5O. The van der Waals surface area contributed by atoms with Gasteiger partial charge in [0, 0.05) is 6.54 Å². The molecule has 0 aromatic carbocycles. The van der Waals surface area contributed by atoms with E-state index in [2.05, 4.69) is 22.3 Å². The molecule has 0 saturated carbocycles. The number of anilines is 2. The molecule has 4 N–H and O–H groups in total. The lowest BCUT2D eigenvalue weighted by molar-refractivity contribution is 0.244. The smallest absolute Gasteiger partial charge is 0.239 e. The number of halogens is 1. The standard InChI is InChI=1S/C10H16ClN5O/c1-6-2-3-16(8(6)5-17)9-7(11)4-13-10(14-9)15-12/h4,6,8,17H,2-3,5,12H2,1H3,(H,13,14,15). The second-order valence-corrected chi connectivity index (χ2v) is 4.63. The molecule has 1 aromatic heterocycles. The highest BCUT2D eigenvalue weighted by atomic mass is 35.5. The Hall–Kier alpha value is -1.11. The minimum atomic E-state index is 0.0491. The van der Waals surface area contributed by atoms with E-state index in [0.29, 0.717) is 22.7 Å². The largest absolute Gasteiger partial charge is 0.394 e. The van der Waals surface area contributed by atoms with Gasteiger partial charge in [0.25, 0.3) is 0 Å². The van der Waals surface area contributed by atoms with Gasteiger partial charge in [-0.3, -0.25) is 5.43 Å². The Morgan fingerprint density at radius 2 is 2.47 bits per heavy atom. The van der Waals surface area contributed by atoms with Gasteiger partial charge in [0.1, 0.15) is 5.02 Å². The molecule has 1 aliphatic rings. The lowest BCUT2D eigenvalue weighted by Crippen LogP contribution is -2.36. The number of nitrogens with two attached hydrogens (primary N) is 1. The number of hydrogen-bond acceptors (Lipinski definition) is 6. The van der Waals surface area contributed by atoms with Crippen molar-refractivity contribution >= 4 is 23.4 Å². The fraction of sp³-hybridized carbons (Fsp3) is 0.600. The van der Waals surface area contributed by atoms with Crippen LogP contribution < -0.4 is 16.2 Å². The van der Waals surface area contributed by atoms with Gasteiger partial charge in [-0.1, -0.05) is 18.5 Å². The van der Waals surface area contributed by atoms with Crippen LogP contribution in [0.5, 0.6) is 0 Å². The highest BCUT2D eigenvalue weighted by Gasteiger charge is 2.32. The van der Waals surface area contributed by atoms with Crippen molar-refractivity contribution in [3.05, 3.63) is 11.2 Å². The topological polar surface area (TPSA) is 87.3 Å². The first kappa shape index (κ1) is 12.3. The highest BCUT2D eigenvalue weighted by Crippen LogP contribution is 2.32. The Kier molecular flexibility index (Phi) is 3.66. The summed E-state index contributed by atoms with van der Waals surface area (Å²) in [5, 5.41) is 9.89. The molecule has 94 valence electrons. The van der Waals surface area contributed by atoms with Gasteiger partial charge in [0.2, 0.25) is 5.95 Å². The van der Waals surface area contributed by atoms with Crippen LogP contribution in [0.25, 0.3) is 0 Å². The molecular weight excluding hydrogens is 242 g/mol. The maximum Gasteiger partial charge on any atom is 0.239 e. The maximum absolute atomic E-state index is 9.42. The van der Waals surface area contributed by atoms with Gasteiger partial charge in [-0.15, -0.1) is 0 Å². The minimum Gasteiger partial charge on any atom is -0.394 e. The molecule has 2 atom stereocenters. The van der Waals surface area contributed by atoms with Crippen LogP contribution in [0.15, 0.2) is 6.20 Å². The summed E-state index contributed by atoms with van der Waals surface area (Å²) in [5.74, 6) is 6.64. The second kappa shape index (κ2) is 5.03. The fourth-order valence-corrected chi connectivity index (χ4v) is 2.38. The Morgan fingerprint density at radius 3 is 3.12 bits per heavy atom. The average Bonchev–Trinajstić information content (AvgIpc) is 2.71. The van der Waals surface area contributed by atoms with E-state index >= 15 is 0 Å². The van der Waals surface area contributed by atoms with Gasteiger partial charge in [0.15, 0.2) is 5.82 Å². The number of aliphatic hydroxyl groups excluding tert-OH is 1. The molecule has 0 aliphatic carbocycles. The zero-order valence-corrected chi connectivity index (χ0v) is 10.4. The Bertz CT molecular complexity index is 402. The van der Waals surface area contributed by atoms with Gasteiger partial charge in [0.05, 0.1) is 18.8 Å². The number of nitrogen functional groups attached to an aromatic ring is 1. The van der Waals surface area contributed by atoms with Gasteiger partial charge in [-0.2, -0.15) is 4.98 Å². The molecule has 2 unspecified atom stereocenters. The third-order valence-corrected chi connectivity index (χ3v) is 3.46. The first-order valence-corrected chi connectivity index (χ1v) is 5.91. The van der Waals surface area contributed by atoms with E-state index in [1.807, 2.05) is 4.90 Å². The summed E-state index contributed by atoms with van der Waals surface area (Å²) in [4.78, 5) is 10.2. The van der Waals surface area contributed by atoms with Crippen molar-refractivity contribution in [2.24, 2.45) is 11.8 Å². The highest BCUT2D eigenvalue weighted by molar-refractivity contribution is 6.32. The molecule has 6 nitrogen and oxygen atoms in total. The molecule has 2 rings (SSSR count). The van der Waals surface area contributed by atoms with E-state index in [1.165, 1.54) is 6.20 Å². The molecule has 1 aliphatic heterocycles. The van der Waals surface area contributed by atoms with Gasteiger partial charge < -0.3 is 10.0 Å². The molecule has 0 spiro atoms. The van der Waals surface area contributed by atoms with Crippen molar-refractivity contribution in [2.45, 2.75) is 19.4 Å². The number of aliphatic hydroxyl groups is 1. The van der Waals surface area contributed by atoms with E-state index in [-0.39, 0.29) is 12.6 Å². The van der Waals surface area contributed by atoms with Crippen molar-refractivity contribution in [2.75, 3.05) is 23.5 Å². The molecule has 7 heteroatoms. The summed E-state index contributed by atoms with van der Waals surface area (Å²) in [5.41, 5.74) is 2.39. The Morgan fingerprint density at radius 1 is 1.71 bits per heavy atom. The Balaban J connectivity index is 2.32. The van der Waals surface area contributed by atoms with Crippen LogP contribution in [0, 0.1) is 5.92 Å². The van der Waals surface area contributed by atoms with Crippen LogP contribution in [0.1, 0.15) is 13.3 Å². The van der Waals surface area contributed by atoms with E-state index in [0.717, 1.165) is 13.0 Å². The predicted octanol–water partition coefficient (Wildman–Crippen LogP) is 0.623. The van der Waals surface area contributed by atoms with Crippen LogP contribution in [0.2, 0.25) is 5.02 Å². The van der Waals surface area contributed by atoms with Crippen LogP contribution >= 0.6 is 11.6 Å². The van der Waals surface area contributed by atoms with Gasteiger partial charge in [-0.25, -0.2) is 10.8 Å². The number of hydrazine groups is 1. The molecule has 17 heavy (non-hydrogen) atoms. The predicted molar refractivity (Wildman–Crippen MR) is 66.9 cm³/mol.